The van der Waals surface area contributed by atoms with Gasteiger partial charge in [0.15, 0.2) is 0 Å². The summed E-state index contributed by atoms with van der Waals surface area (Å²) in [5, 5.41) is 4.94. The number of halogens is 3. The number of hydrogen-bond acceptors (Lipinski definition) is 2. The largest absolute Gasteiger partial charge is 0.573 e. The van der Waals surface area contributed by atoms with Crippen LogP contribution in [0.3, 0.4) is 0 Å². The quantitative estimate of drug-likeness (QED) is 0.723. The van der Waals surface area contributed by atoms with Crippen molar-refractivity contribution in [2.45, 2.75) is 19.3 Å². The van der Waals surface area contributed by atoms with Gasteiger partial charge in [-0.2, -0.15) is 0 Å². The summed E-state index contributed by atoms with van der Waals surface area (Å²) in [7, 11) is 0. The third-order valence-corrected chi connectivity index (χ3v) is 3.83. The Hall–Kier alpha value is -3.02. The second kappa shape index (κ2) is 7.47. The van der Waals surface area contributed by atoms with Crippen LogP contribution in [-0.4, -0.2) is 12.3 Å². The Bertz CT molecular complexity index is 905. The monoisotopic (exact) mass is 359 g/mol. The third kappa shape index (κ3) is 4.99. The van der Waals surface area contributed by atoms with E-state index in [2.05, 4.69) is 10.1 Å². The summed E-state index contributed by atoms with van der Waals surface area (Å²) in [6.07, 6.45) is -4.48. The standard InChI is InChI=1S/C20H16F3NO2/c21-20(22,23)26-18-9-6-14(7-10-18)13-24-19(25)12-15-5-8-16-3-1-2-4-17(16)11-15/h1-11H,12-13H2,(H,24,25). The molecule has 3 nitrogen and oxygen atoms in total. The number of benzene rings is 3. The van der Waals surface area contributed by atoms with E-state index in [0.717, 1.165) is 16.3 Å². The molecule has 0 aliphatic carbocycles. The van der Waals surface area contributed by atoms with Gasteiger partial charge in [0, 0.05) is 6.54 Å². The van der Waals surface area contributed by atoms with Crippen LogP contribution in [0.4, 0.5) is 13.2 Å². The van der Waals surface area contributed by atoms with Crippen LogP contribution in [0.5, 0.6) is 5.75 Å². The number of amides is 1. The predicted molar refractivity (Wildman–Crippen MR) is 92.6 cm³/mol. The molecule has 6 heteroatoms. The van der Waals surface area contributed by atoms with Gasteiger partial charge >= 0.3 is 6.36 Å². The summed E-state index contributed by atoms with van der Waals surface area (Å²) in [5.41, 5.74) is 1.58. The second-order valence-corrected chi connectivity index (χ2v) is 5.83. The third-order valence-electron chi connectivity index (χ3n) is 3.83. The molecule has 0 saturated carbocycles. The molecule has 26 heavy (non-hydrogen) atoms. The Balaban J connectivity index is 1.54. The number of fused-ring (bicyclic) bond motifs is 1. The molecule has 0 aliphatic rings. The van der Waals surface area contributed by atoms with Crippen LogP contribution in [0, 0.1) is 0 Å². The van der Waals surface area contributed by atoms with Gasteiger partial charge in [-0.1, -0.05) is 54.6 Å². The average molecular weight is 359 g/mol. The SMILES string of the molecule is O=C(Cc1ccc2ccccc2c1)NCc1ccc(OC(F)(F)F)cc1. The summed E-state index contributed by atoms with van der Waals surface area (Å²) in [6, 6.07) is 19.1. The van der Waals surface area contributed by atoms with E-state index in [4.69, 9.17) is 0 Å². The number of carbonyl (C=O) groups excluding carboxylic acids is 1. The molecule has 0 bridgehead atoms. The maximum Gasteiger partial charge on any atom is 0.573 e. The van der Waals surface area contributed by atoms with Crippen LogP contribution in [0.15, 0.2) is 66.7 Å². The molecule has 3 aromatic carbocycles. The summed E-state index contributed by atoms with van der Waals surface area (Å²) in [6.45, 7) is 0.235. The van der Waals surface area contributed by atoms with Gasteiger partial charge in [0.05, 0.1) is 6.42 Å². The summed E-state index contributed by atoms with van der Waals surface area (Å²) in [5.74, 6) is -0.445. The van der Waals surface area contributed by atoms with Crippen LogP contribution < -0.4 is 10.1 Å². The lowest BCUT2D eigenvalue weighted by molar-refractivity contribution is -0.274. The van der Waals surface area contributed by atoms with Crippen molar-refractivity contribution in [1.29, 1.82) is 0 Å². The van der Waals surface area contributed by atoms with Gasteiger partial charge in [-0.05, 0) is 34.0 Å². The van der Waals surface area contributed by atoms with E-state index in [9.17, 15) is 18.0 Å². The van der Waals surface area contributed by atoms with E-state index in [1.165, 1.54) is 24.3 Å². The predicted octanol–water partition coefficient (Wildman–Crippen LogP) is 4.60. The second-order valence-electron chi connectivity index (χ2n) is 5.83. The molecule has 0 radical (unpaired) electrons. The highest BCUT2D eigenvalue weighted by molar-refractivity contribution is 5.85. The Labute approximate surface area is 148 Å². The molecule has 0 unspecified atom stereocenters. The maximum absolute atomic E-state index is 12.1. The minimum absolute atomic E-state index is 0.157. The van der Waals surface area contributed by atoms with Crippen molar-refractivity contribution in [3.05, 3.63) is 77.9 Å². The van der Waals surface area contributed by atoms with Crippen LogP contribution in [0.1, 0.15) is 11.1 Å². The fourth-order valence-corrected chi connectivity index (χ4v) is 2.61. The van der Waals surface area contributed by atoms with Crippen molar-refractivity contribution in [1.82, 2.24) is 5.32 Å². The Morgan fingerprint density at radius 2 is 1.54 bits per heavy atom. The fourth-order valence-electron chi connectivity index (χ4n) is 2.61. The minimum atomic E-state index is -4.71. The Morgan fingerprint density at radius 3 is 2.23 bits per heavy atom. The van der Waals surface area contributed by atoms with Crippen molar-refractivity contribution in [2.75, 3.05) is 0 Å². The molecule has 134 valence electrons. The molecule has 0 aliphatic heterocycles. The highest BCUT2D eigenvalue weighted by Gasteiger charge is 2.30. The lowest BCUT2D eigenvalue weighted by Gasteiger charge is -2.10. The van der Waals surface area contributed by atoms with E-state index < -0.39 is 6.36 Å². The summed E-state index contributed by atoms with van der Waals surface area (Å²) < 4.78 is 40.2. The lowest BCUT2D eigenvalue weighted by atomic mass is 10.0. The summed E-state index contributed by atoms with van der Waals surface area (Å²) >= 11 is 0. The smallest absolute Gasteiger partial charge is 0.406 e. The molecule has 3 rings (SSSR count). The summed E-state index contributed by atoms with van der Waals surface area (Å²) in [4.78, 5) is 12.1. The van der Waals surface area contributed by atoms with Crippen LogP contribution in [0.25, 0.3) is 10.8 Å². The highest BCUT2D eigenvalue weighted by Crippen LogP contribution is 2.22. The van der Waals surface area contributed by atoms with E-state index in [1.807, 2.05) is 42.5 Å². The van der Waals surface area contributed by atoms with Crippen LogP contribution in [-0.2, 0) is 17.8 Å². The molecular formula is C20H16F3NO2. The van der Waals surface area contributed by atoms with Gasteiger partial charge in [0.2, 0.25) is 5.91 Å². The number of ether oxygens (including phenoxy) is 1. The first-order valence-corrected chi connectivity index (χ1v) is 7.98. The van der Waals surface area contributed by atoms with Crippen molar-refractivity contribution in [3.63, 3.8) is 0 Å². The zero-order chi connectivity index (χ0) is 18.6. The number of hydrogen-bond donors (Lipinski definition) is 1. The highest BCUT2D eigenvalue weighted by atomic mass is 19.4. The molecule has 0 heterocycles. The zero-order valence-corrected chi connectivity index (χ0v) is 13.7. The van der Waals surface area contributed by atoms with E-state index in [0.29, 0.717) is 5.56 Å². The molecule has 0 saturated heterocycles. The first-order chi connectivity index (χ1) is 12.4. The van der Waals surface area contributed by atoms with E-state index >= 15 is 0 Å². The molecule has 0 fully saturated rings. The Kier molecular flexibility index (Phi) is 5.11. The molecule has 0 spiro atoms. The van der Waals surface area contributed by atoms with Gasteiger partial charge in [0.25, 0.3) is 0 Å². The first kappa shape index (κ1) is 17.8. The van der Waals surface area contributed by atoms with Crippen molar-refractivity contribution >= 4 is 16.7 Å². The number of rotatable bonds is 5. The molecule has 0 aromatic heterocycles. The minimum Gasteiger partial charge on any atom is -0.406 e. The van der Waals surface area contributed by atoms with Gasteiger partial charge in [0.1, 0.15) is 5.75 Å². The van der Waals surface area contributed by atoms with Crippen LogP contribution >= 0.6 is 0 Å². The van der Waals surface area contributed by atoms with Gasteiger partial charge < -0.3 is 10.1 Å². The number of alkyl halides is 3. The number of carbonyl (C=O) groups is 1. The first-order valence-electron chi connectivity index (χ1n) is 7.98. The molecule has 1 N–H and O–H groups in total. The van der Waals surface area contributed by atoms with Gasteiger partial charge in [-0.15, -0.1) is 13.2 Å². The maximum atomic E-state index is 12.1. The zero-order valence-electron chi connectivity index (χ0n) is 13.7. The topological polar surface area (TPSA) is 38.3 Å². The molecule has 3 aromatic rings. The van der Waals surface area contributed by atoms with E-state index in [-0.39, 0.29) is 24.6 Å². The molecule has 0 atom stereocenters. The van der Waals surface area contributed by atoms with Crippen LogP contribution in [0.2, 0.25) is 0 Å². The normalized spacial score (nSPS) is 11.3. The van der Waals surface area contributed by atoms with Crippen molar-refractivity contribution in [2.24, 2.45) is 0 Å². The Morgan fingerprint density at radius 1 is 0.885 bits per heavy atom. The van der Waals surface area contributed by atoms with E-state index in [1.54, 1.807) is 0 Å². The van der Waals surface area contributed by atoms with Crippen molar-refractivity contribution < 1.29 is 22.7 Å². The fraction of sp³-hybridized carbons (Fsp3) is 0.150. The molecular weight excluding hydrogens is 343 g/mol. The van der Waals surface area contributed by atoms with Crippen molar-refractivity contribution in [3.8, 4) is 5.75 Å². The number of nitrogens with one attached hydrogen (secondary N) is 1. The lowest BCUT2D eigenvalue weighted by Crippen LogP contribution is -2.24. The average Bonchev–Trinajstić information content (AvgIpc) is 2.60. The van der Waals surface area contributed by atoms with Gasteiger partial charge in [-0.3, -0.25) is 4.79 Å². The molecule has 1 amide bonds. The van der Waals surface area contributed by atoms with Gasteiger partial charge in [-0.25, -0.2) is 0 Å².